The van der Waals surface area contributed by atoms with Crippen LogP contribution in [0.25, 0.3) is 0 Å². The Kier molecular flexibility index (Phi) is 3.08. The van der Waals surface area contributed by atoms with Crippen LogP contribution in [0.5, 0.6) is 0 Å². The summed E-state index contributed by atoms with van der Waals surface area (Å²) in [7, 11) is 0. The van der Waals surface area contributed by atoms with Gasteiger partial charge < -0.3 is 0 Å². The molecule has 0 atom stereocenters. The fourth-order valence-corrected chi connectivity index (χ4v) is 1.28. The third-order valence-electron chi connectivity index (χ3n) is 2.04. The van der Waals surface area contributed by atoms with Crippen LogP contribution >= 0.6 is 0 Å². The molecule has 3 heteroatoms. The van der Waals surface area contributed by atoms with Crippen LogP contribution in [0.1, 0.15) is 13.8 Å². The molecular formula is C8H13BN2. The highest BCUT2D eigenvalue weighted by atomic mass is 14.8. The second kappa shape index (κ2) is 4.11. The molecule has 1 rings (SSSR count). The van der Waals surface area contributed by atoms with E-state index in [1.54, 1.807) is 6.33 Å². The molecule has 0 aliphatic carbocycles. The molecule has 58 valence electrons. The largest absolute Gasteiger partial charge is 0.245 e. The molecule has 0 aliphatic rings. The first kappa shape index (κ1) is 8.24. The van der Waals surface area contributed by atoms with Gasteiger partial charge >= 0.3 is 0 Å². The Morgan fingerprint density at radius 2 is 1.73 bits per heavy atom. The van der Waals surface area contributed by atoms with Crippen LogP contribution in [0.2, 0.25) is 12.6 Å². The normalized spacial score (nSPS) is 9.64. The van der Waals surface area contributed by atoms with E-state index in [1.165, 1.54) is 18.1 Å². The molecule has 0 saturated carbocycles. The van der Waals surface area contributed by atoms with Gasteiger partial charge in [-0.05, 0) is 5.46 Å². The Hall–Kier alpha value is -0.855. The van der Waals surface area contributed by atoms with Crippen molar-refractivity contribution in [2.24, 2.45) is 0 Å². The van der Waals surface area contributed by atoms with Crippen LogP contribution in [0.15, 0.2) is 18.7 Å². The minimum Gasteiger partial charge on any atom is -0.245 e. The molecule has 0 bridgehead atoms. The van der Waals surface area contributed by atoms with E-state index < -0.39 is 0 Å². The lowest BCUT2D eigenvalue weighted by Crippen LogP contribution is -2.28. The highest BCUT2D eigenvalue weighted by Gasteiger charge is 2.10. The fraction of sp³-hybridized carbons (Fsp3) is 0.500. The molecule has 0 spiro atoms. The highest BCUT2D eigenvalue weighted by molar-refractivity contribution is 6.72. The van der Waals surface area contributed by atoms with Crippen molar-refractivity contribution in [1.29, 1.82) is 0 Å². The van der Waals surface area contributed by atoms with Crippen LogP contribution in [-0.2, 0) is 0 Å². The van der Waals surface area contributed by atoms with Crippen molar-refractivity contribution in [1.82, 2.24) is 9.97 Å². The second-order valence-electron chi connectivity index (χ2n) is 2.69. The molecule has 0 aliphatic heterocycles. The van der Waals surface area contributed by atoms with E-state index >= 15 is 0 Å². The van der Waals surface area contributed by atoms with E-state index in [0.29, 0.717) is 6.71 Å². The minimum atomic E-state index is 0.635. The van der Waals surface area contributed by atoms with Crippen LogP contribution in [0.3, 0.4) is 0 Å². The van der Waals surface area contributed by atoms with Crippen LogP contribution in [0.4, 0.5) is 0 Å². The molecule has 0 N–H and O–H groups in total. The molecule has 1 heterocycles. The Morgan fingerprint density at radius 3 is 2.18 bits per heavy atom. The molecule has 0 aromatic carbocycles. The smallest absolute Gasteiger partial charge is 0.179 e. The predicted octanol–water partition coefficient (Wildman–Crippen LogP) is 1.22. The summed E-state index contributed by atoms with van der Waals surface area (Å²) in [5.74, 6) is 0. The quantitative estimate of drug-likeness (QED) is 0.602. The summed E-state index contributed by atoms with van der Waals surface area (Å²) in [5, 5.41) is 0. The number of hydrogen-bond donors (Lipinski definition) is 0. The molecule has 0 fully saturated rings. The van der Waals surface area contributed by atoms with Gasteiger partial charge in [-0.2, -0.15) is 0 Å². The maximum Gasteiger partial charge on any atom is 0.179 e. The van der Waals surface area contributed by atoms with Gasteiger partial charge in [0.05, 0.1) is 0 Å². The van der Waals surface area contributed by atoms with Gasteiger partial charge in [0, 0.05) is 12.4 Å². The van der Waals surface area contributed by atoms with Crippen molar-refractivity contribution in [3.8, 4) is 0 Å². The summed E-state index contributed by atoms with van der Waals surface area (Å²) >= 11 is 0. The maximum absolute atomic E-state index is 3.99. The van der Waals surface area contributed by atoms with Crippen molar-refractivity contribution in [3.05, 3.63) is 18.7 Å². The fourth-order valence-electron chi connectivity index (χ4n) is 1.28. The standard InChI is InChI=1S/C8H13BN2/c1-3-9(4-2)8-5-10-7-11-6-8/h5-7H,3-4H2,1-2H3. The van der Waals surface area contributed by atoms with E-state index in [2.05, 4.69) is 23.8 Å². The van der Waals surface area contributed by atoms with Crippen LogP contribution < -0.4 is 5.46 Å². The second-order valence-corrected chi connectivity index (χ2v) is 2.69. The van der Waals surface area contributed by atoms with E-state index in [0.717, 1.165) is 0 Å². The number of rotatable bonds is 3. The SMILES string of the molecule is CCB(CC)c1cncnc1. The number of aromatic nitrogens is 2. The minimum absolute atomic E-state index is 0.635. The van der Waals surface area contributed by atoms with E-state index in [1.807, 2.05) is 12.4 Å². The Morgan fingerprint density at radius 1 is 1.18 bits per heavy atom. The summed E-state index contributed by atoms with van der Waals surface area (Å²) in [5.41, 5.74) is 1.26. The van der Waals surface area contributed by atoms with Gasteiger partial charge in [-0.1, -0.05) is 26.5 Å². The molecule has 0 unspecified atom stereocenters. The highest BCUT2D eigenvalue weighted by Crippen LogP contribution is 1.96. The zero-order valence-corrected chi connectivity index (χ0v) is 7.12. The lowest BCUT2D eigenvalue weighted by atomic mass is 9.42. The zero-order chi connectivity index (χ0) is 8.10. The average molecular weight is 148 g/mol. The van der Waals surface area contributed by atoms with Crippen molar-refractivity contribution in [2.45, 2.75) is 26.5 Å². The third-order valence-corrected chi connectivity index (χ3v) is 2.04. The molecule has 11 heavy (non-hydrogen) atoms. The monoisotopic (exact) mass is 148 g/mol. The van der Waals surface area contributed by atoms with E-state index in [9.17, 15) is 0 Å². The molecule has 0 saturated heterocycles. The van der Waals surface area contributed by atoms with Crippen LogP contribution in [-0.4, -0.2) is 16.7 Å². The van der Waals surface area contributed by atoms with Gasteiger partial charge in [0.15, 0.2) is 6.71 Å². The molecule has 0 amide bonds. The summed E-state index contributed by atoms with van der Waals surface area (Å²) in [6.45, 7) is 5.03. The Balaban J connectivity index is 2.74. The first-order chi connectivity index (χ1) is 5.38. The predicted molar refractivity (Wildman–Crippen MR) is 48.4 cm³/mol. The van der Waals surface area contributed by atoms with E-state index in [-0.39, 0.29) is 0 Å². The van der Waals surface area contributed by atoms with Gasteiger partial charge in [0.2, 0.25) is 0 Å². The van der Waals surface area contributed by atoms with Crippen molar-refractivity contribution < 1.29 is 0 Å². The first-order valence-corrected chi connectivity index (χ1v) is 4.13. The molecule has 1 aromatic heterocycles. The molecule has 2 nitrogen and oxygen atoms in total. The summed E-state index contributed by atoms with van der Waals surface area (Å²) in [6, 6.07) is 0. The van der Waals surface area contributed by atoms with Gasteiger partial charge in [0.25, 0.3) is 0 Å². The topological polar surface area (TPSA) is 25.8 Å². The Bertz CT molecular complexity index is 197. The van der Waals surface area contributed by atoms with Gasteiger partial charge in [-0.3, -0.25) is 0 Å². The maximum atomic E-state index is 3.99. The third kappa shape index (κ3) is 2.04. The summed E-state index contributed by atoms with van der Waals surface area (Å²) < 4.78 is 0. The van der Waals surface area contributed by atoms with Gasteiger partial charge in [-0.15, -0.1) is 0 Å². The average Bonchev–Trinajstić information content (AvgIpc) is 2.09. The van der Waals surface area contributed by atoms with E-state index in [4.69, 9.17) is 0 Å². The number of hydrogen-bond acceptors (Lipinski definition) is 2. The lowest BCUT2D eigenvalue weighted by Gasteiger charge is -2.05. The van der Waals surface area contributed by atoms with Crippen molar-refractivity contribution in [2.75, 3.05) is 0 Å². The first-order valence-electron chi connectivity index (χ1n) is 4.13. The Labute approximate surface area is 68.2 Å². The van der Waals surface area contributed by atoms with Crippen molar-refractivity contribution in [3.63, 3.8) is 0 Å². The molecule has 0 radical (unpaired) electrons. The molecule has 1 aromatic rings. The van der Waals surface area contributed by atoms with Crippen molar-refractivity contribution >= 4 is 12.2 Å². The van der Waals surface area contributed by atoms with Crippen LogP contribution in [0, 0.1) is 0 Å². The van der Waals surface area contributed by atoms with Gasteiger partial charge in [0.1, 0.15) is 6.33 Å². The lowest BCUT2D eigenvalue weighted by molar-refractivity contribution is 1.18. The molecular weight excluding hydrogens is 135 g/mol. The number of nitrogens with zero attached hydrogens (tertiary/aromatic N) is 2. The van der Waals surface area contributed by atoms with Gasteiger partial charge in [-0.25, -0.2) is 9.97 Å². The summed E-state index contributed by atoms with van der Waals surface area (Å²) in [6.07, 6.45) is 7.73. The summed E-state index contributed by atoms with van der Waals surface area (Å²) in [4.78, 5) is 7.98. The zero-order valence-electron chi connectivity index (χ0n) is 7.12.